The third kappa shape index (κ3) is 2.59. The van der Waals surface area contributed by atoms with E-state index in [2.05, 4.69) is 15.6 Å². The molecule has 2 unspecified atom stereocenters. The van der Waals surface area contributed by atoms with E-state index in [0.717, 1.165) is 0 Å². The maximum absolute atomic E-state index is 12.1. The molecule has 114 valence electrons. The minimum Gasteiger partial charge on any atom is -0.394 e. The van der Waals surface area contributed by atoms with Crippen molar-refractivity contribution in [2.75, 3.05) is 6.61 Å². The van der Waals surface area contributed by atoms with Crippen molar-refractivity contribution in [2.24, 2.45) is 5.41 Å². The van der Waals surface area contributed by atoms with Crippen LogP contribution in [0.1, 0.15) is 12.5 Å². The molecule has 21 heavy (non-hydrogen) atoms. The fraction of sp³-hybridized carbons (Fsp3) is 0.500. The van der Waals surface area contributed by atoms with Gasteiger partial charge in [-0.1, -0.05) is 0 Å². The Kier molecular flexibility index (Phi) is 3.69. The van der Waals surface area contributed by atoms with Gasteiger partial charge < -0.3 is 10.4 Å². The number of aliphatic hydroxyl groups excluding tert-OH is 1. The van der Waals surface area contributed by atoms with Crippen LogP contribution in [-0.2, 0) is 11.3 Å². The molecule has 3 amide bonds. The molecule has 0 aromatic carbocycles. The SMILES string of the molecule is Cc1cn(CC2(C)C(=O)NC(=O)NC2CO)c(=O)[nH]c1=O. The Bertz CT molecular complexity index is 706. The first-order valence-corrected chi connectivity index (χ1v) is 6.31. The van der Waals surface area contributed by atoms with Gasteiger partial charge in [0.25, 0.3) is 5.56 Å². The summed E-state index contributed by atoms with van der Waals surface area (Å²) in [5.41, 5.74) is -2.06. The first kappa shape index (κ1) is 15.0. The van der Waals surface area contributed by atoms with Crippen LogP contribution in [0.3, 0.4) is 0 Å². The van der Waals surface area contributed by atoms with Crippen LogP contribution in [0.5, 0.6) is 0 Å². The number of imide groups is 1. The van der Waals surface area contributed by atoms with Crippen LogP contribution in [0.15, 0.2) is 15.8 Å². The van der Waals surface area contributed by atoms with Crippen molar-refractivity contribution in [1.29, 1.82) is 0 Å². The molecule has 0 radical (unpaired) electrons. The van der Waals surface area contributed by atoms with E-state index in [1.807, 2.05) is 0 Å². The van der Waals surface area contributed by atoms with Crippen molar-refractivity contribution < 1.29 is 14.7 Å². The standard InChI is InChI=1S/C12H16N4O5/c1-6-3-16(11(21)14-8(6)18)5-12(2)7(4-17)13-10(20)15-9(12)19/h3,7,17H,4-5H2,1-2H3,(H,14,18,21)(H2,13,15,19,20). The molecule has 0 spiro atoms. The number of nitrogens with one attached hydrogen (secondary N) is 3. The van der Waals surface area contributed by atoms with Crippen molar-refractivity contribution in [2.45, 2.75) is 26.4 Å². The molecule has 1 aromatic rings. The average Bonchev–Trinajstić information content (AvgIpc) is 2.40. The Hall–Kier alpha value is -2.42. The zero-order valence-electron chi connectivity index (χ0n) is 11.6. The summed E-state index contributed by atoms with van der Waals surface area (Å²) < 4.78 is 1.18. The first-order valence-electron chi connectivity index (χ1n) is 6.31. The van der Waals surface area contributed by atoms with E-state index in [1.54, 1.807) is 0 Å². The first-order chi connectivity index (χ1) is 9.77. The summed E-state index contributed by atoms with van der Waals surface area (Å²) in [4.78, 5) is 48.7. The second-order valence-electron chi connectivity index (χ2n) is 5.28. The monoisotopic (exact) mass is 296 g/mol. The highest BCUT2D eigenvalue weighted by Crippen LogP contribution is 2.26. The van der Waals surface area contributed by atoms with Gasteiger partial charge in [0.15, 0.2) is 0 Å². The number of carbonyl (C=O) groups is 2. The van der Waals surface area contributed by atoms with Gasteiger partial charge in [0.05, 0.1) is 18.1 Å². The second kappa shape index (κ2) is 5.17. The summed E-state index contributed by atoms with van der Waals surface area (Å²) in [7, 11) is 0. The van der Waals surface area contributed by atoms with Gasteiger partial charge in [-0.15, -0.1) is 0 Å². The van der Waals surface area contributed by atoms with Gasteiger partial charge in [-0.25, -0.2) is 9.59 Å². The maximum Gasteiger partial charge on any atom is 0.328 e. The van der Waals surface area contributed by atoms with Crippen LogP contribution in [0, 0.1) is 12.3 Å². The third-order valence-electron chi connectivity index (χ3n) is 3.69. The lowest BCUT2D eigenvalue weighted by atomic mass is 9.80. The molecule has 2 atom stereocenters. The third-order valence-corrected chi connectivity index (χ3v) is 3.69. The lowest BCUT2D eigenvalue weighted by Gasteiger charge is -2.39. The molecule has 1 saturated heterocycles. The summed E-state index contributed by atoms with van der Waals surface area (Å²) in [5.74, 6) is -0.596. The van der Waals surface area contributed by atoms with E-state index in [4.69, 9.17) is 0 Å². The van der Waals surface area contributed by atoms with E-state index in [0.29, 0.717) is 5.56 Å². The highest BCUT2D eigenvalue weighted by atomic mass is 16.3. The molecular weight excluding hydrogens is 280 g/mol. The number of rotatable bonds is 3. The summed E-state index contributed by atoms with van der Waals surface area (Å²) in [6, 6.07) is -1.53. The van der Waals surface area contributed by atoms with Gasteiger partial charge in [0.2, 0.25) is 5.91 Å². The zero-order valence-corrected chi connectivity index (χ0v) is 11.6. The maximum atomic E-state index is 12.1. The topological polar surface area (TPSA) is 133 Å². The minimum atomic E-state index is -1.23. The fourth-order valence-electron chi connectivity index (χ4n) is 2.28. The van der Waals surface area contributed by atoms with Crippen LogP contribution in [0.4, 0.5) is 4.79 Å². The Labute approximate surface area is 119 Å². The summed E-state index contributed by atoms with van der Waals surface area (Å²) >= 11 is 0. The number of hydrogen-bond acceptors (Lipinski definition) is 5. The Morgan fingerprint density at radius 1 is 1.33 bits per heavy atom. The van der Waals surface area contributed by atoms with Gasteiger partial charge in [0.1, 0.15) is 0 Å². The van der Waals surface area contributed by atoms with Crippen LogP contribution in [0.2, 0.25) is 0 Å². The van der Waals surface area contributed by atoms with Crippen molar-refractivity contribution >= 4 is 11.9 Å². The number of hydrogen-bond donors (Lipinski definition) is 4. The molecule has 1 fully saturated rings. The van der Waals surface area contributed by atoms with Gasteiger partial charge >= 0.3 is 11.7 Å². The summed E-state index contributed by atoms with van der Waals surface area (Å²) in [6.07, 6.45) is 1.34. The fourth-order valence-corrected chi connectivity index (χ4v) is 2.28. The van der Waals surface area contributed by atoms with Gasteiger partial charge in [0, 0.05) is 18.3 Å². The van der Waals surface area contributed by atoms with Crippen LogP contribution in [0.25, 0.3) is 0 Å². The van der Waals surface area contributed by atoms with E-state index < -0.39 is 41.3 Å². The van der Waals surface area contributed by atoms with Crippen LogP contribution in [-0.4, -0.2) is 39.2 Å². The molecule has 9 heteroatoms. The lowest BCUT2D eigenvalue weighted by Crippen LogP contribution is -2.66. The number of nitrogens with zero attached hydrogens (tertiary/aromatic N) is 1. The molecule has 1 aliphatic heterocycles. The van der Waals surface area contributed by atoms with Gasteiger partial charge in [-0.3, -0.25) is 24.5 Å². The van der Waals surface area contributed by atoms with Gasteiger partial charge in [-0.05, 0) is 13.8 Å². The van der Waals surface area contributed by atoms with Crippen molar-refractivity contribution in [3.63, 3.8) is 0 Å². The molecule has 1 aliphatic rings. The molecule has 0 saturated carbocycles. The Balaban J connectivity index is 2.42. The molecule has 2 rings (SSSR count). The number of amides is 3. The van der Waals surface area contributed by atoms with Crippen LogP contribution < -0.4 is 21.9 Å². The van der Waals surface area contributed by atoms with Crippen molar-refractivity contribution in [1.82, 2.24) is 20.2 Å². The van der Waals surface area contributed by atoms with Crippen molar-refractivity contribution in [3.8, 4) is 0 Å². The summed E-state index contributed by atoms with van der Waals surface area (Å²) in [6.45, 7) is 2.51. The molecule has 9 nitrogen and oxygen atoms in total. The van der Waals surface area contributed by atoms with E-state index in [9.17, 15) is 24.3 Å². The second-order valence-corrected chi connectivity index (χ2v) is 5.28. The predicted molar refractivity (Wildman–Crippen MR) is 71.7 cm³/mol. The molecule has 4 N–H and O–H groups in total. The number of urea groups is 1. The Morgan fingerprint density at radius 3 is 2.62 bits per heavy atom. The number of aryl methyl sites for hydroxylation is 1. The molecule has 0 bridgehead atoms. The highest BCUT2D eigenvalue weighted by Gasteiger charge is 2.46. The number of carbonyl (C=O) groups excluding carboxylic acids is 2. The van der Waals surface area contributed by atoms with E-state index in [1.165, 1.54) is 24.6 Å². The molecule has 2 heterocycles. The van der Waals surface area contributed by atoms with Crippen molar-refractivity contribution in [3.05, 3.63) is 32.6 Å². The zero-order chi connectivity index (χ0) is 15.8. The number of aromatic nitrogens is 2. The number of aliphatic hydroxyl groups is 1. The Morgan fingerprint density at radius 2 is 2.00 bits per heavy atom. The van der Waals surface area contributed by atoms with E-state index >= 15 is 0 Å². The summed E-state index contributed by atoms with van der Waals surface area (Å²) in [5, 5.41) is 13.9. The predicted octanol–water partition coefficient (Wildman–Crippen LogP) is -1.95. The molecular formula is C12H16N4O5. The quantitative estimate of drug-likeness (QED) is 0.514. The lowest BCUT2D eigenvalue weighted by molar-refractivity contribution is -0.134. The minimum absolute atomic E-state index is 0.0964. The smallest absolute Gasteiger partial charge is 0.328 e. The molecule has 0 aliphatic carbocycles. The normalized spacial score (nSPS) is 25.4. The largest absolute Gasteiger partial charge is 0.394 e. The number of H-pyrrole nitrogens is 1. The average molecular weight is 296 g/mol. The van der Waals surface area contributed by atoms with Gasteiger partial charge in [-0.2, -0.15) is 0 Å². The van der Waals surface area contributed by atoms with E-state index in [-0.39, 0.29) is 6.54 Å². The molecule has 1 aromatic heterocycles. The number of aromatic amines is 1. The highest BCUT2D eigenvalue weighted by molar-refractivity contribution is 6.00. The van der Waals surface area contributed by atoms with Crippen LogP contribution >= 0.6 is 0 Å².